The van der Waals surface area contributed by atoms with Crippen LogP contribution in [-0.4, -0.2) is 60.5 Å². The van der Waals surface area contributed by atoms with Gasteiger partial charge in [-0.1, -0.05) is 0 Å². The second-order valence-electron chi connectivity index (χ2n) is 11.7. The molecule has 3 aromatic carbocycles. The lowest BCUT2D eigenvalue weighted by Crippen LogP contribution is -2.03. The second-order valence-corrected chi connectivity index (χ2v) is 11.7. The van der Waals surface area contributed by atoms with Crippen molar-refractivity contribution in [3.8, 4) is 68.6 Å². The molecule has 0 radical (unpaired) electrons. The van der Waals surface area contributed by atoms with Gasteiger partial charge in [0.1, 0.15) is 34.5 Å². The Labute approximate surface area is 316 Å². The second kappa shape index (κ2) is 15.4. The molecule has 18 nitrogen and oxygen atoms in total. The van der Waals surface area contributed by atoms with E-state index in [1.165, 1.54) is 85.5 Å². The number of nitrogens with zero attached hydrogens (tertiary/aromatic N) is 6. The molecular weight excluding hydrogens is 744 g/mol. The van der Waals surface area contributed by atoms with E-state index in [1.54, 1.807) is 12.1 Å². The zero-order valence-corrected chi connectivity index (χ0v) is 28.7. The van der Waals surface area contributed by atoms with Crippen LogP contribution in [0.2, 0.25) is 0 Å². The van der Waals surface area contributed by atoms with Gasteiger partial charge in [0.25, 0.3) is 0 Å². The van der Waals surface area contributed by atoms with Crippen LogP contribution in [0.25, 0.3) is 67.7 Å². The lowest BCUT2D eigenvalue weighted by molar-refractivity contribution is 0.404. The molecule has 0 atom stereocenters. The molecule has 282 valence electrons. The number of aromatic hydroxyl groups is 6. The van der Waals surface area contributed by atoms with Gasteiger partial charge in [0.05, 0.1) is 11.8 Å². The Morgan fingerprint density at radius 2 is 0.930 bits per heavy atom. The monoisotopic (exact) mass is 768 g/mol. The predicted octanol–water partition coefficient (Wildman–Crippen LogP) is 4.98. The van der Waals surface area contributed by atoms with E-state index < -0.39 is 5.43 Å². The molecule has 57 heavy (non-hydrogen) atoms. The van der Waals surface area contributed by atoms with Gasteiger partial charge >= 0.3 is 0 Å². The van der Waals surface area contributed by atoms with E-state index in [9.17, 15) is 45.0 Å². The molecule has 0 saturated carbocycles. The summed E-state index contributed by atoms with van der Waals surface area (Å²) in [6, 6.07) is 18.1. The van der Waals surface area contributed by atoms with Gasteiger partial charge < -0.3 is 43.9 Å². The molecule has 0 aliphatic heterocycles. The number of fused-ring (bicyclic) bond motifs is 3. The van der Waals surface area contributed by atoms with E-state index >= 15 is 0 Å². The van der Waals surface area contributed by atoms with Crippen molar-refractivity contribution in [1.29, 1.82) is 0 Å². The van der Waals surface area contributed by atoms with Crippen LogP contribution in [0.15, 0.2) is 137 Å². The third-order valence-corrected chi connectivity index (χ3v) is 7.82. The first kappa shape index (κ1) is 36.7. The van der Waals surface area contributed by atoms with Gasteiger partial charge in [0, 0.05) is 60.2 Å². The highest BCUT2D eigenvalue weighted by atomic mass is 16.4. The van der Waals surface area contributed by atoms with Crippen molar-refractivity contribution in [1.82, 2.24) is 29.9 Å². The molecule has 0 unspecified atom stereocenters. The van der Waals surface area contributed by atoms with Crippen LogP contribution in [0, 0.1) is 0 Å². The third kappa shape index (κ3) is 7.99. The van der Waals surface area contributed by atoms with Crippen molar-refractivity contribution < 1.29 is 43.9 Å². The summed E-state index contributed by atoms with van der Waals surface area (Å²) in [5.74, 6) is -0.295. The summed E-state index contributed by atoms with van der Waals surface area (Å²) < 4.78 is 16.3. The summed E-state index contributed by atoms with van der Waals surface area (Å²) in [6.45, 7) is 0. The Morgan fingerprint density at radius 3 is 1.54 bits per heavy atom. The lowest BCUT2D eigenvalue weighted by Gasteiger charge is -2.04. The molecule has 6 heterocycles. The third-order valence-electron chi connectivity index (χ3n) is 7.82. The first-order chi connectivity index (χ1) is 27.4. The van der Waals surface area contributed by atoms with Gasteiger partial charge in [-0.25, -0.2) is 29.9 Å². The fraction of sp³-hybridized carbons (Fsp3) is 0. The van der Waals surface area contributed by atoms with E-state index in [4.69, 9.17) is 13.3 Å². The first-order valence-electron chi connectivity index (χ1n) is 16.3. The topological polar surface area (TPSA) is 289 Å². The smallest absolute Gasteiger partial charge is 0.249 e. The molecule has 6 N–H and O–H groups in total. The highest BCUT2D eigenvalue weighted by Gasteiger charge is 2.14. The number of benzene rings is 3. The van der Waals surface area contributed by atoms with Gasteiger partial charge in [-0.15, -0.1) is 0 Å². The van der Waals surface area contributed by atoms with Crippen molar-refractivity contribution in [3.63, 3.8) is 0 Å². The van der Waals surface area contributed by atoms with E-state index in [1.807, 2.05) is 0 Å². The maximum Gasteiger partial charge on any atom is 0.249 e. The Morgan fingerprint density at radius 1 is 0.421 bits per heavy atom. The van der Waals surface area contributed by atoms with Crippen molar-refractivity contribution in [2.45, 2.75) is 0 Å². The van der Waals surface area contributed by atoms with E-state index in [0.29, 0.717) is 22.5 Å². The average Bonchev–Trinajstić information content (AvgIpc) is 3.20. The molecule has 18 heteroatoms. The maximum atomic E-state index is 11.9. The van der Waals surface area contributed by atoms with Gasteiger partial charge in [0.15, 0.2) is 28.0 Å². The molecule has 9 aromatic rings. The number of phenolic OH excluding ortho intramolecular Hbond substituents is 5. The molecule has 0 amide bonds. The minimum Gasteiger partial charge on any atom is -0.508 e. The standard InChI is InChI=1S/3C13H8N2O4/c16-8-3-1-7(2-4-8)10-5-9(17)12-13(19-10)14-6-11(18)15-12;16-7-1-2-8(9(17)5-7)11-6-10(18)12-13(19-11)15-4-3-14-12;16-8-2-1-7(5-9(8)17)11-6-10(18)12-13(19-11)15-4-3-14-12/h1-6,16H,(H,15,18);2*1-6,16-17H. The minimum atomic E-state index is -0.396. The van der Waals surface area contributed by atoms with Crippen LogP contribution in [0.4, 0.5) is 0 Å². The fourth-order valence-electron chi connectivity index (χ4n) is 5.15. The summed E-state index contributed by atoms with van der Waals surface area (Å²) in [5, 5.41) is 56.1. The minimum absolute atomic E-state index is 0.0254. The first-order valence-corrected chi connectivity index (χ1v) is 16.3. The van der Waals surface area contributed by atoms with E-state index in [0.717, 1.165) is 12.3 Å². The number of hydrogen-bond donors (Lipinski definition) is 6. The van der Waals surface area contributed by atoms with Crippen LogP contribution in [0.1, 0.15) is 0 Å². The molecule has 9 rings (SSSR count). The van der Waals surface area contributed by atoms with Crippen molar-refractivity contribution in [3.05, 3.63) is 141 Å². The summed E-state index contributed by atoms with van der Waals surface area (Å²) in [7, 11) is 0. The Hall–Kier alpha value is -8.67. The normalized spacial score (nSPS) is 10.7. The van der Waals surface area contributed by atoms with Gasteiger partial charge in [-0.3, -0.25) is 14.4 Å². The Kier molecular flexibility index (Phi) is 9.88. The van der Waals surface area contributed by atoms with Crippen LogP contribution < -0.4 is 16.3 Å². The van der Waals surface area contributed by atoms with Gasteiger partial charge in [-0.2, -0.15) is 0 Å². The van der Waals surface area contributed by atoms with Crippen molar-refractivity contribution in [2.75, 3.05) is 0 Å². The van der Waals surface area contributed by atoms with Gasteiger partial charge in [-0.05, 0) is 54.6 Å². The molecule has 0 fully saturated rings. The van der Waals surface area contributed by atoms with Crippen LogP contribution in [-0.2, 0) is 0 Å². The molecule has 0 bridgehead atoms. The largest absolute Gasteiger partial charge is 0.508 e. The van der Waals surface area contributed by atoms with Crippen LogP contribution in [0.3, 0.4) is 0 Å². The lowest BCUT2D eigenvalue weighted by atomic mass is 10.1. The summed E-state index contributed by atoms with van der Waals surface area (Å²) in [4.78, 5) is 58.7. The van der Waals surface area contributed by atoms with Crippen molar-refractivity contribution in [2.24, 2.45) is 0 Å². The number of aromatic nitrogens is 6. The zero-order valence-electron chi connectivity index (χ0n) is 28.7. The van der Waals surface area contributed by atoms with Gasteiger partial charge in [0.2, 0.25) is 39.3 Å². The molecule has 0 spiro atoms. The zero-order chi connectivity index (χ0) is 40.2. The Balaban J connectivity index is 0.000000131. The molecule has 6 aromatic heterocycles. The average molecular weight is 769 g/mol. The summed E-state index contributed by atoms with van der Waals surface area (Å²) in [5.41, 5.74) is 0.834. The molecule has 0 aliphatic carbocycles. The molecular formula is C39H24N6O12. The number of phenols is 5. The van der Waals surface area contributed by atoms with Crippen LogP contribution >= 0.6 is 0 Å². The summed E-state index contributed by atoms with van der Waals surface area (Å²) >= 11 is 0. The SMILES string of the molecule is O=c1cc(-c2ccc(O)c(O)c2)oc2nccnc12.O=c1cc(-c2ccc(O)cc2)oc2ncc(O)nc12.O=c1cc(-c2ccc(O)cc2O)oc2nccnc12. The Bertz CT molecular complexity index is 3130. The van der Waals surface area contributed by atoms with Crippen LogP contribution in [0.5, 0.6) is 34.6 Å². The highest BCUT2D eigenvalue weighted by Crippen LogP contribution is 2.33. The molecule has 0 saturated heterocycles. The quantitative estimate of drug-likeness (QED) is 0.129. The molecule has 0 aliphatic rings. The predicted molar refractivity (Wildman–Crippen MR) is 201 cm³/mol. The van der Waals surface area contributed by atoms with E-state index in [-0.39, 0.29) is 90.7 Å². The van der Waals surface area contributed by atoms with Crippen molar-refractivity contribution >= 4 is 33.7 Å². The van der Waals surface area contributed by atoms with E-state index in [2.05, 4.69) is 29.9 Å². The summed E-state index contributed by atoms with van der Waals surface area (Å²) in [6.07, 6.45) is 6.74. The maximum absolute atomic E-state index is 11.9. The number of hydrogen-bond acceptors (Lipinski definition) is 18. The fourth-order valence-corrected chi connectivity index (χ4v) is 5.15. The highest BCUT2D eigenvalue weighted by molar-refractivity contribution is 5.74. The number of rotatable bonds is 3.